The van der Waals surface area contributed by atoms with Crippen LogP contribution in [0.1, 0.15) is 19.8 Å². The SMILES string of the molecule is CC1C2CCC3C4C1C234. The maximum absolute atomic E-state index is 2.48. The zero-order chi connectivity index (χ0) is 5.80. The summed E-state index contributed by atoms with van der Waals surface area (Å²) in [7, 11) is 0. The first-order valence-electron chi connectivity index (χ1n) is 4.38. The second kappa shape index (κ2) is 0.741. The normalized spacial score (nSPS) is 87.0. The zero-order valence-corrected chi connectivity index (χ0v) is 5.80. The molecule has 4 aliphatic rings. The third kappa shape index (κ3) is 0.171. The molecule has 1 spiro atoms. The van der Waals surface area contributed by atoms with Crippen molar-refractivity contribution in [3.05, 3.63) is 0 Å². The molecule has 0 saturated heterocycles. The van der Waals surface area contributed by atoms with E-state index in [0.717, 1.165) is 11.3 Å². The monoisotopic (exact) mass is 120 g/mol. The third-order valence-electron chi connectivity index (χ3n) is 5.03. The molecule has 0 aromatic heterocycles. The second-order valence-corrected chi connectivity index (χ2v) is 4.70. The Morgan fingerprint density at radius 3 is 2.56 bits per heavy atom. The Bertz CT molecular complexity index is 199. The van der Waals surface area contributed by atoms with Gasteiger partial charge in [0.15, 0.2) is 0 Å². The molecule has 0 heterocycles. The average molecular weight is 120 g/mol. The molecule has 0 aromatic carbocycles. The van der Waals surface area contributed by atoms with Gasteiger partial charge in [-0.05, 0) is 47.8 Å². The van der Waals surface area contributed by atoms with Gasteiger partial charge in [-0.25, -0.2) is 0 Å². The maximum Gasteiger partial charge on any atom is -0.0167 e. The molecule has 4 rings (SSSR count). The Kier molecular flexibility index (Phi) is 0.329. The Labute approximate surface area is 55.6 Å². The largest absolute Gasteiger partial charge is 0.0619 e. The van der Waals surface area contributed by atoms with E-state index >= 15 is 0 Å². The molecule has 0 bridgehead atoms. The van der Waals surface area contributed by atoms with Gasteiger partial charge in [0.2, 0.25) is 0 Å². The fraction of sp³-hybridized carbons (Fsp3) is 1.00. The lowest BCUT2D eigenvalue weighted by atomic mass is 9.66. The van der Waals surface area contributed by atoms with Crippen molar-refractivity contribution in [2.24, 2.45) is 35.0 Å². The summed E-state index contributed by atoms with van der Waals surface area (Å²) in [5, 5.41) is 0. The van der Waals surface area contributed by atoms with E-state index in [0.29, 0.717) is 0 Å². The molecule has 0 heteroatoms. The highest BCUT2D eigenvalue weighted by atomic mass is 15.0. The summed E-state index contributed by atoms with van der Waals surface area (Å²) < 4.78 is 0. The van der Waals surface area contributed by atoms with Crippen molar-refractivity contribution in [1.29, 1.82) is 0 Å². The predicted molar refractivity (Wildman–Crippen MR) is 34.8 cm³/mol. The first-order chi connectivity index (χ1) is 4.38. The minimum absolute atomic E-state index is 1.05. The van der Waals surface area contributed by atoms with Gasteiger partial charge in [-0.15, -0.1) is 0 Å². The molecule has 0 radical (unpaired) electrons. The molecule has 0 aliphatic heterocycles. The van der Waals surface area contributed by atoms with E-state index < -0.39 is 0 Å². The fourth-order valence-electron chi connectivity index (χ4n) is 4.84. The summed E-state index contributed by atoms with van der Waals surface area (Å²) >= 11 is 0. The summed E-state index contributed by atoms with van der Waals surface area (Å²) in [5.41, 5.74) is 1.05. The highest BCUT2D eigenvalue weighted by Gasteiger charge is 2.97. The Balaban J connectivity index is 1.91. The lowest BCUT2D eigenvalue weighted by Gasteiger charge is -2.38. The quantitative estimate of drug-likeness (QED) is 0.458. The van der Waals surface area contributed by atoms with E-state index in [9.17, 15) is 0 Å². The maximum atomic E-state index is 2.48. The highest BCUT2D eigenvalue weighted by molar-refractivity contribution is 5.44. The standard InChI is InChI=1S/C9H12/c1-4-5-2-3-6-8-7(4)9(5,6)8/h4-8H,2-3H2,1H3. The molecular formula is C9H12. The van der Waals surface area contributed by atoms with Crippen molar-refractivity contribution in [1.82, 2.24) is 0 Å². The van der Waals surface area contributed by atoms with Gasteiger partial charge in [0.05, 0.1) is 0 Å². The van der Waals surface area contributed by atoms with Crippen molar-refractivity contribution < 1.29 is 0 Å². The molecule has 48 valence electrons. The van der Waals surface area contributed by atoms with Gasteiger partial charge in [-0.2, -0.15) is 0 Å². The molecule has 6 atom stereocenters. The minimum atomic E-state index is 1.05. The lowest BCUT2D eigenvalue weighted by molar-refractivity contribution is 0.0923. The van der Waals surface area contributed by atoms with Crippen LogP contribution in [-0.4, -0.2) is 0 Å². The number of hydrogen-bond acceptors (Lipinski definition) is 0. The molecule has 0 N–H and O–H groups in total. The summed E-state index contributed by atoms with van der Waals surface area (Å²) in [6.45, 7) is 2.48. The predicted octanol–water partition coefficient (Wildman–Crippen LogP) is 1.91. The minimum Gasteiger partial charge on any atom is -0.0619 e. The molecule has 0 aromatic rings. The molecule has 0 nitrogen and oxygen atoms in total. The summed E-state index contributed by atoms with van der Waals surface area (Å²) in [6, 6.07) is 0. The van der Waals surface area contributed by atoms with Crippen LogP contribution in [0.25, 0.3) is 0 Å². The Hall–Kier alpha value is 0. The lowest BCUT2D eigenvalue weighted by Crippen LogP contribution is -2.34. The van der Waals surface area contributed by atoms with Crippen LogP contribution in [0.5, 0.6) is 0 Å². The van der Waals surface area contributed by atoms with Crippen molar-refractivity contribution in [3.63, 3.8) is 0 Å². The zero-order valence-electron chi connectivity index (χ0n) is 5.80. The van der Waals surface area contributed by atoms with E-state index in [2.05, 4.69) is 6.92 Å². The van der Waals surface area contributed by atoms with Crippen LogP contribution >= 0.6 is 0 Å². The molecule has 6 unspecified atom stereocenters. The van der Waals surface area contributed by atoms with Gasteiger partial charge in [-0.1, -0.05) is 6.92 Å². The molecular weight excluding hydrogens is 108 g/mol. The smallest absolute Gasteiger partial charge is 0.0167 e. The first kappa shape index (κ1) is 4.00. The van der Waals surface area contributed by atoms with E-state index in [1.807, 2.05) is 0 Å². The molecule has 0 amide bonds. The van der Waals surface area contributed by atoms with Gasteiger partial charge >= 0.3 is 0 Å². The van der Waals surface area contributed by atoms with Crippen LogP contribution in [-0.2, 0) is 0 Å². The average Bonchev–Trinajstić information content (AvgIpc) is 2.59. The summed E-state index contributed by atoms with van der Waals surface area (Å²) in [6.07, 6.45) is 3.20. The van der Waals surface area contributed by atoms with Crippen LogP contribution in [0.2, 0.25) is 0 Å². The van der Waals surface area contributed by atoms with E-state index in [1.165, 1.54) is 23.7 Å². The van der Waals surface area contributed by atoms with E-state index in [4.69, 9.17) is 0 Å². The fourth-order valence-corrected chi connectivity index (χ4v) is 4.84. The second-order valence-electron chi connectivity index (χ2n) is 4.70. The molecule has 4 fully saturated rings. The molecule has 4 aliphatic carbocycles. The van der Waals surface area contributed by atoms with Crippen molar-refractivity contribution in [2.45, 2.75) is 19.8 Å². The van der Waals surface area contributed by atoms with Crippen LogP contribution in [0.4, 0.5) is 0 Å². The van der Waals surface area contributed by atoms with E-state index in [1.54, 1.807) is 12.8 Å². The number of hydrogen-bond donors (Lipinski definition) is 0. The van der Waals surface area contributed by atoms with Crippen molar-refractivity contribution in [2.75, 3.05) is 0 Å². The molecule has 4 saturated carbocycles. The van der Waals surface area contributed by atoms with Gasteiger partial charge in [0, 0.05) is 0 Å². The van der Waals surface area contributed by atoms with E-state index in [-0.39, 0.29) is 0 Å². The topological polar surface area (TPSA) is 0 Å². The number of fused-ring (bicyclic) bond motifs is 2. The van der Waals surface area contributed by atoms with Crippen LogP contribution in [0.3, 0.4) is 0 Å². The summed E-state index contributed by atoms with van der Waals surface area (Å²) in [4.78, 5) is 0. The van der Waals surface area contributed by atoms with Gasteiger partial charge in [0.1, 0.15) is 0 Å². The third-order valence-corrected chi connectivity index (χ3v) is 5.03. The highest BCUT2D eigenvalue weighted by Crippen LogP contribution is 3.01. The van der Waals surface area contributed by atoms with Crippen molar-refractivity contribution >= 4 is 0 Å². The van der Waals surface area contributed by atoms with Crippen molar-refractivity contribution in [3.8, 4) is 0 Å². The van der Waals surface area contributed by atoms with Gasteiger partial charge < -0.3 is 0 Å². The van der Waals surface area contributed by atoms with Crippen LogP contribution < -0.4 is 0 Å². The Morgan fingerprint density at radius 1 is 1.11 bits per heavy atom. The number of rotatable bonds is 0. The molecule has 9 heavy (non-hydrogen) atoms. The van der Waals surface area contributed by atoms with Crippen LogP contribution in [0, 0.1) is 35.0 Å². The summed E-state index contributed by atoms with van der Waals surface area (Å²) in [5.74, 6) is 6.18. The Morgan fingerprint density at radius 2 is 1.89 bits per heavy atom. The van der Waals surface area contributed by atoms with Gasteiger partial charge in [-0.3, -0.25) is 0 Å². The van der Waals surface area contributed by atoms with Gasteiger partial charge in [0.25, 0.3) is 0 Å². The first-order valence-corrected chi connectivity index (χ1v) is 4.38. The van der Waals surface area contributed by atoms with Crippen LogP contribution in [0.15, 0.2) is 0 Å².